The van der Waals surface area contributed by atoms with Crippen LogP contribution in [0, 0.1) is 0 Å². The minimum absolute atomic E-state index is 0.0390. The van der Waals surface area contributed by atoms with Crippen LogP contribution >= 0.6 is 0 Å². The third kappa shape index (κ3) is 2.12. The zero-order chi connectivity index (χ0) is 13.2. The van der Waals surface area contributed by atoms with Crippen LogP contribution in [0.3, 0.4) is 0 Å². The van der Waals surface area contributed by atoms with Gasteiger partial charge in [-0.2, -0.15) is 10.2 Å². The van der Waals surface area contributed by atoms with Crippen LogP contribution in [-0.4, -0.2) is 50.5 Å². The van der Waals surface area contributed by atoms with Gasteiger partial charge < -0.3 is 9.64 Å². The van der Waals surface area contributed by atoms with Crippen LogP contribution in [0.1, 0.15) is 22.2 Å². The molecule has 0 aliphatic carbocycles. The van der Waals surface area contributed by atoms with Crippen molar-refractivity contribution in [3.63, 3.8) is 0 Å². The maximum absolute atomic E-state index is 12.6. The van der Waals surface area contributed by atoms with Crippen molar-refractivity contribution in [2.75, 3.05) is 19.8 Å². The molecule has 3 heterocycles. The Labute approximate surface area is 110 Å². The Kier molecular flexibility index (Phi) is 3.04. The summed E-state index contributed by atoms with van der Waals surface area (Å²) < 4.78 is 7.05. The standard InChI is InChI=1S/C12H15N5O2/c1-16-10(3-5-14-16)12(18)17-6-7-19-8-11(17)9-2-4-13-15-9/h2-5,11H,6-8H2,1H3,(H,13,15)/t11-/m1/s1. The van der Waals surface area contributed by atoms with E-state index in [1.807, 2.05) is 6.07 Å². The number of nitrogens with zero attached hydrogens (tertiary/aromatic N) is 4. The second-order valence-electron chi connectivity index (χ2n) is 4.44. The lowest BCUT2D eigenvalue weighted by molar-refractivity contribution is -0.00447. The normalized spacial score (nSPS) is 19.6. The molecule has 3 rings (SSSR count). The topological polar surface area (TPSA) is 76.0 Å². The van der Waals surface area contributed by atoms with Crippen molar-refractivity contribution < 1.29 is 9.53 Å². The molecule has 100 valence electrons. The van der Waals surface area contributed by atoms with Gasteiger partial charge in [0, 0.05) is 26.0 Å². The first-order valence-corrected chi connectivity index (χ1v) is 6.13. The lowest BCUT2D eigenvalue weighted by Gasteiger charge is -2.34. The molecule has 1 aliphatic heterocycles. The van der Waals surface area contributed by atoms with Crippen LogP contribution in [0.5, 0.6) is 0 Å². The van der Waals surface area contributed by atoms with Gasteiger partial charge in [-0.15, -0.1) is 0 Å². The number of nitrogens with one attached hydrogen (secondary N) is 1. The van der Waals surface area contributed by atoms with E-state index in [1.165, 1.54) is 0 Å². The number of hydrogen-bond donors (Lipinski definition) is 1. The van der Waals surface area contributed by atoms with Crippen molar-refractivity contribution in [2.24, 2.45) is 7.05 Å². The third-order valence-corrected chi connectivity index (χ3v) is 3.31. The molecular weight excluding hydrogens is 246 g/mol. The van der Waals surface area contributed by atoms with Gasteiger partial charge in [-0.05, 0) is 12.1 Å². The second-order valence-corrected chi connectivity index (χ2v) is 4.44. The molecule has 0 bridgehead atoms. The molecule has 0 aromatic carbocycles. The number of rotatable bonds is 2. The first-order chi connectivity index (χ1) is 9.27. The number of ether oxygens (including phenoxy) is 1. The van der Waals surface area contributed by atoms with Gasteiger partial charge in [0.2, 0.25) is 0 Å². The molecule has 0 spiro atoms. The average Bonchev–Trinajstić information content (AvgIpc) is 3.09. The molecular formula is C12H15N5O2. The van der Waals surface area contributed by atoms with Crippen LogP contribution in [0.2, 0.25) is 0 Å². The van der Waals surface area contributed by atoms with Gasteiger partial charge >= 0.3 is 0 Å². The van der Waals surface area contributed by atoms with E-state index in [9.17, 15) is 4.79 Å². The number of hydrogen-bond acceptors (Lipinski definition) is 4. The predicted molar refractivity (Wildman–Crippen MR) is 66.4 cm³/mol. The summed E-state index contributed by atoms with van der Waals surface area (Å²) in [6.07, 6.45) is 3.30. The quantitative estimate of drug-likeness (QED) is 0.846. The third-order valence-electron chi connectivity index (χ3n) is 3.31. The summed E-state index contributed by atoms with van der Waals surface area (Å²) in [6, 6.07) is 3.46. The first-order valence-electron chi connectivity index (χ1n) is 6.13. The van der Waals surface area contributed by atoms with Crippen molar-refractivity contribution in [3.05, 3.63) is 35.9 Å². The summed E-state index contributed by atoms with van der Waals surface area (Å²) in [5.41, 5.74) is 1.46. The van der Waals surface area contributed by atoms with Crippen molar-refractivity contribution in [1.29, 1.82) is 0 Å². The molecule has 1 aliphatic rings. The zero-order valence-corrected chi connectivity index (χ0v) is 10.6. The largest absolute Gasteiger partial charge is 0.377 e. The van der Waals surface area contributed by atoms with Crippen molar-refractivity contribution >= 4 is 5.91 Å². The summed E-state index contributed by atoms with van der Waals surface area (Å²) in [7, 11) is 1.76. The molecule has 2 aromatic heterocycles. The monoisotopic (exact) mass is 261 g/mol. The van der Waals surface area contributed by atoms with Gasteiger partial charge in [0.05, 0.1) is 24.9 Å². The Morgan fingerprint density at radius 3 is 3.05 bits per heavy atom. The fourth-order valence-electron chi connectivity index (χ4n) is 2.29. The van der Waals surface area contributed by atoms with Crippen LogP contribution in [0.4, 0.5) is 0 Å². The number of carbonyl (C=O) groups is 1. The van der Waals surface area contributed by atoms with E-state index in [1.54, 1.807) is 35.1 Å². The zero-order valence-electron chi connectivity index (χ0n) is 10.6. The Bertz CT molecular complexity index is 562. The van der Waals surface area contributed by atoms with E-state index >= 15 is 0 Å². The number of morpholine rings is 1. The SMILES string of the molecule is Cn1nccc1C(=O)N1CCOC[C@@H]1c1ccn[nH]1. The van der Waals surface area contributed by atoms with Crippen LogP contribution in [0.25, 0.3) is 0 Å². The Morgan fingerprint density at radius 2 is 2.37 bits per heavy atom. The molecule has 0 radical (unpaired) electrons. The van der Waals surface area contributed by atoms with Gasteiger partial charge in [0.25, 0.3) is 5.91 Å². The Balaban J connectivity index is 1.89. The molecule has 1 N–H and O–H groups in total. The van der Waals surface area contributed by atoms with Crippen LogP contribution < -0.4 is 0 Å². The number of carbonyl (C=O) groups excluding carboxylic acids is 1. The van der Waals surface area contributed by atoms with Gasteiger partial charge in [0.1, 0.15) is 5.69 Å². The molecule has 1 saturated heterocycles. The van der Waals surface area contributed by atoms with E-state index in [4.69, 9.17) is 4.74 Å². The number of H-pyrrole nitrogens is 1. The summed E-state index contributed by atoms with van der Waals surface area (Å²) in [4.78, 5) is 14.4. The molecule has 7 nitrogen and oxygen atoms in total. The van der Waals surface area contributed by atoms with Gasteiger partial charge in [-0.3, -0.25) is 14.6 Å². The van der Waals surface area contributed by atoms with Crippen molar-refractivity contribution in [1.82, 2.24) is 24.9 Å². The molecule has 19 heavy (non-hydrogen) atoms. The summed E-state index contributed by atoms with van der Waals surface area (Å²) in [5.74, 6) is -0.0390. The smallest absolute Gasteiger partial charge is 0.272 e. The number of aromatic nitrogens is 4. The van der Waals surface area contributed by atoms with E-state index in [0.29, 0.717) is 25.5 Å². The Hall–Kier alpha value is -2.15. The van der Waals surface area contributed by atoms with E-state index < -0.39 is 0 Å². The minimum atomic E-state index is -0.126. The minimum Gasteiger partial charge on any atom is -0.377 e. The molecule has 1 fully saturated rings. The summed E-state index contributed by atoms with van der Waals surface area (Å²) >= 11 is 0. The highest BCUT2D eigenvalue weighted by Gasteiger charge is 2.31. The molecule has 1 atom stereocenters. The highest BCUT2D eigenvalue weighted by atomic mass is 16.5. The van der Waals surface area contributed by atoms with E-state index in [-0.39, 0.29) is 11.9 Å². The van der Waals surface area contributed by atoms with Crippen LogP contribution in [-0.2, 0) is 11.8 Å². The van der Waals surface area contributed by atoms with E-state index in [0.717, 1.165) is 5.69 Å². The highest BCUT2D eigenvalue weighted by Crippen LogP contribution is 2.24. The predicted octanol–water partition coefficient (Wildman–Crippen LogP) is 0.357. The van der Waals surface area contributed by atoms with Crippen LogP contribution in [0.15, 0.2) is 24.5 Å². The second kappa shape index (κ2) is 4.85. The number of amides is 1. The number of aryl methyl sites for hydroxylation is 1. The Morgan fingerprint density at radius 1 is 1.47 bits per heavy atom. The number of aromatic amines is 1. The fourth-order valence-corrected chi connectivity index (χ4v) is 2.29. The molecule has 0 unspecified atom stereocenters. The molecule has 0 saturated carbocycles. The summed E-state index contributed by atoms with van der Waals surface area (Å²) in [6.45, 7) is 1.59. The fraction of sp³-hybridized carbons (Fsp3) is 0.417. The molecule has 2 aromatic rings. The maximum Gasteiger partial charge on any atom is 0.272 e. The van der Waals surface area contributed by atoms with Gasteiger partial charge in [-0.1, -0.05) is 0 Å². The highest BCUT2D eigenvalue weighted by molar-refractivity contribution is 5.92. The van der Waals surface area contributed by atoms with Crippen molar-refractivity contribution in [3.8, 4) is 0 Å². The lowest BCUT2D eigenvalue weighted by atomic mass is 10.1. The lowest BCUT2D eigenvalue weighted by Crippen LogP contribution is -2.44. The maximum atomic E-state index is 12.6. The van der Waals surface area contributed by atoms with Gasteiger partial charge in [0.15, 0.2) is 0 Å². The summed E-state index contributed by atoms with van der Waals surface area (Å²) in [5, 5.41) is 10.9. The van der Waals surface area contributed by atoms with Crippen molar-refractivity contribution in [2.45, 2.75) is 6.04 Å². The van der Waals surface area contributed by atoms with Gasteiger partial charge in [-0.25, -0.2) is 0 Å². The average molecular weight is 261 g/mol. The first kappa shape index (κ1) is 11.9. The van der Waals surface area contributed by atoms with E-state index in [2.05, 4.69) is 15.3 Å². The molecule has 7 heteroatoms. The molecule has 1 amide bonds.